The van der Waals surface area contributed by atoms with Gasteiger partial charge in [-0.3, -0.25) is 4.90 Å². The largest absolute Gasteiger partial charge is 0.465 e. The lowest BCUT2D eigenvalue weighted by Crippen LogP contribution is -2.22. The van der Waals surface area contributed by atoms with Gasteiger partial charge >= 0.3 is 0 Å². The van der Waals surface area contributed by atoms with Gasteiger partial charge in [0.1, 0.15) is 11.5 Å². The van der Waals surface area contributed by atoms with Crippen LogP contribution in [0.15, 0.2) is 10.5 Å². The maximum absolute atomic E-state index is 5.74. The Balaban J connectivity index is 2.48. The summed E-state index contributed by atoms with van der Waals surface area (Å²) in [7, 11) is 3.79. The molecule has 0 aliphatic heterocycles. The molecule has 4 heteroatoms. The Morgan fingerprint density at radius 1 is 1.47 bits per heavy atom. The molecule has 0 fully saturated rings. The van der Waals surface area contributed by atoms with Crippen molar-refractivity contribution in [3.05, 3.63) is 23.2 Å². The Kier molecular flexibility index (Phi) is 6.26. The molecule has 1 heterocycles. The van der Waals surface area contributed by atoms with Crippen molar-refractivity contribution in [1.29, 1.82) is 0 Å². The number of nitrogens with one attached hydrogen (secondary N) is 1. The lowest BCUT2D eigenvalue weighted by atomic mass is 10.2. The first-order valence-electron chi connectivity index (χ1n) is 6.13. The van der Waals surface area contributed by atoms with E-state index in [-0.39, 0.29) is 0 Å². The molecule has 0 radical (unpaired) electrons. The van der Waals surface area contributed by atoms with Crippen LogP contribution in [0.5, 0.6) is 0 Å². The van der Waals surface area contributed by atoms with Gasteiger partial charge in [-0.2, -0.15) is 0 Å². The van der Waals surface area contributed by atoms with Crippen molar-refractivity contribution in [3.8, 4) is 0 Å². The van der Waals surface area contributed by atoms with Gasteiger partial charge in [0.05, 0.1) is 13.2 Å². The molecule has 0 aliphatic carbocycles. The summed E-state index contributed by atoms with van der Waals surface area (Å²) in [5.41, 5.74) is 1.25. The third-order valence-corrected chi connectivity index (χ3v) is 2.74. The van der Waals surface area contributed by atoms with Crippen molar-refractivity contribution >= 4 is 0 Å². The molecule has 1 N–H and O–H groups in total. The molecule has 0 atom stereocenters. The highest BCUT2D eigenvalue weighted by molar-refractivity contribution is 5.20. The Labute approximate surface area is 104 Å². The summed E-state index contributed by atoms with van der Waals surface area (Å²) >= 11 is 0. The minimum absolute atomic E-state index is 0.750. The standard InChI is InChI=1S/C13H24N2O2/c1-5-14-9-12-8-13(17-11(12)2)10-15(3)6-7-16-4/h8,14H,5-7,9-10H2,1-4H3. The zero-order valence-electron chi connectivity index (χ0n) is 11.4. The highest BCUT2D eigenvalue weighted by atomic mass is 16.5. The quantitative estimate of drug-likeness (QED) is 0.751. The van der Waals surface area contributed by atoms with Crippen LogP contribution in [-0.2, 0) is 17.8 Å². The van der Waals surface area contributed by atoms with E-state index in [9.17, 15) is 0 Å². The number of rotatable bonds is 8. The molecule has 1 aromatic heterocycles. The first-order chi connectivity index (χ1) is 8.17. The van der Waals surface area contributed by atoms with Crippen LogP contribution < -0.4 is 5.32 Å². The number of hydrogen-bond acceptors (Lipinski definition) is 4. The SMILES string of the molecule is CCNCc1cc(CN(C)CCOC)oc1C. The summed E-state index contributed by atoms with van der Waals surface area (Å²) in [6.45, 7) is 8.48. The maximum Gasteiger partial charge on any atom is 0.118 e. The van der Waals surface area contributed by atoms with Gasteiger partial charge in [0, 0.05) is 25.8 Å². The van der Waals surface area contributed by atoms with Crippen molar-refractivity contribution in [3.63, 3.8) is 0 Å². The number of methoxy groups -OCH3 is 1. The fraction of sp³-hybridized carbons (Fsp3) is 0.692. The third kappa shape index (κ3) is 4.89. The molecule has 1 rings (SSSR count). The van der Waals surface area contributed by atoms with E-state index in [2.05, 4.69) is 30.3 Å². The highest BCUT2D eigenvalue weighted by Gasteiger charge is 2.08. The van der Waals surface area contributed by atoms with Crippen molar-refractivity contribution < 1.29 is 9.15 Å². The zero-order valence-corrected chi connectivity index (χ0v) is 11.4. The van der Waals surface area contributed by atoms with Gasteiger partial charge in [0.2, 0.25) is 0 Å². The van der Waals surface area contributed by atoms with Gasteiger partial charge in [-0.15, -0.1) is 0 Å². The molecule has 0 spiro atoms. The van der Waals surface area contributed by atoms with Crippen molar-refractivity contribution in [2.75, 3.05) is 33.9 Å². The molecular weight excluding hydrogens is 216 g/mol. The molecule has 0 saturated heterocycles. The van der Waals surface area contributed by atoms with Crippen LogP contribution >= 0.6 is 0 Å². The van der Waals surface area contributed by atoms with E-state index in [0.29, 0.717) is 0 Å². The Morgan fingerprint density at radius 3 is 2.88 bits per heavy atom. The average Bonchev–Trinajstić information content (AvgIpc) is 2.64. The fourth-order valence-corrected chi connectivity index (χ4v) is 1.69. The minimum atomic E-state index is 0.750. The second-order valence-electron chi connectivity index (χ2n) is 4.31. The van der Waals surface area contributed by atoms with Crippen molar-refractivity contribution in [2.24, 2.45) is 0 Å². The summed E-state index contributed by atoms with van der Waals surface area (Å²) in [4.78, 5) is 2.19. The Morgan fingerprint density at radius 2 is 2.24 bits per heavy atom. The number of ether oxygens (including phenoxy) is 1. The highest BCUT2D eigenvalue weighted by Crippen LogP contribution is 2.15. The molecule has 0 amide bonds. The van der Waals surface area contributed by atoms with Crippen LogP contribution in [0, 0.1) is 6.92 Å². The normalized spacial score (nSPS) is 11.4. The molecular formula is C13H24N2O2. The van der Waals surface area contributed by atoms with Gasteiger partial charge in [-0.1, -0.05) is 6.92 Å². The summed E-state index contributed by atoms with van der Waals surface area (Å²) in [5, 5.41) is 3.31. The molecule has 98 valence electrons. The van der Waals surface area contributed by atoms with Crippen molar-refractivity contribution in [1.82, 2.24) is 10.2 Å². The number of nitrogens with zero attached hydrogens (tertiary/aromatic N) is 1. The molecule has 1 aromatic rings. The summed E-state index contributed by atoms with van der Waals surface area (Å²) in [6.07, 6.45) is 0. The van der Waals surface area contributed by atoms with Crippen LogP contribution in [0.1, 0.15) is 24.0 Å². The van der Waals surface area contributed by atoms with Crippen LogP contribution in [-0.4, -0.2) is 38.8 Å². The smallest absolute Gasteiger partial charge is 0.118 e. The van der Waals surface area contributed by atoms with Gasteiger partial charge in [0.25, 0.3) is 0 Å². The van der Waals surface area contributed by atoms with Crippen LogP contribution in [0.3, 0.4) is 0 Å². The molecule has 4 nitrogen and oxygen atoms in total. The predicted octanol–water partition coefficient (Wildman–Crippen LogP) is 1.78. The Bertz CT molecular complexity index is 323. The monoisotopic (exact) mass is 240 g/mol. The fourth-order valence-electron chi connectivity index (χ4n) is 1.69. The average molecular weight is 240 g/mol. The van der Waals surface area contributed by atoms with Gasteiger partial charge in [-0.25, -0.2) is 0 Å². The van der Waals surface area contributed by atoms with Gasteiger partial charge in [-0.05, 0) is 26.6 Å². The Hall–Kier alpha value is -0.840. The second-order valence-corrected chi connectivity index (χ2v) is 4.31. The van der Waals surface area contributed by atoms with E-state index in [1.807, 2.05) is 6.92 Å². The van der Waals surface area contributed by atoms with E-state index in [0.717, 1.165) is 44.3 Å². The van der Waals surface area contributed by atoms with Gasteiger partial charge < -0.3 is 14.5 Å². The third-order valence-electron chi connectivity index (χ3n) is 2.74. The van der Waals surface area contributed by atoms with Crippen LogP contribution in [0.2, 0.25) is 0 Å². The zero-order chi connectivity index (χ0) is 12.7. The molecule has 17 heavy (non-hydrogen) atoms. The lowest BCUT2D eigenvalue weighted by Gasteiger charge is -2.13. The summed E-state index contributed by atoms with van der Waals surface area (Å²) in [6, 6.07) is 2.14. The van der Waals surface area contributed by atoms with E-state index in [1.54, 1.807) is 7.11 Å². The number of furan rings is 1. The molecule has 0 aromatic carbocycles. The number of aryl methyl sites for hydroxylation is 1. The molecule has 0 bridgehead atoms. The van der Waals surface area contributed by atoms with Crippen LogP contribution in [0.25, 0.3) is 0 Å². The summed E-state index contributed by atoms with van der Waals surface area (Å²) in [5.74, 6) is 2.04. The van der Waals surface area contributed by atoms with Crippen molar-refractivity contribution in [2.45, 2.75) is 26.9 Å². The number of likely N-dealkylation sites (N-methyl/N-ethyl adjacent to an activating group) is 1. The lowest BCUT2D eigenvalue weighted by molar-refractivity contribution is 0.154. The second kappa shape index (κ2) is 7.48. The first kappa shape index (κ1) is 14.2. The van der Waals surface area contributed by atoms with E-state index < -0.39 is 0 Å². The van der Waals surface area contributed by atoms with E-state index in [1.165, 1.54) is 5.56 Å². The molecule has 0 unspecified atom stereocenters. The predicted molar refractivity (Wildman–Crippen MR) is 69.0 cm³/mol. The first-order valence-corrected chi connectivity index (χ1v) is 6.13. The van der Waals surface area contributed by atoms with Crippen LogP contribution in [0.4, 0.5) is 0 Å². The van der Waals surface area contributed by atoms with E-state index in [4.69, 9.17) is 9.15 Å². The topological polar surface area (TPSA) is 37.6 Å². The molecule has 0 saturated carbocycles. The summed E-state index contributed by atoms with van der Waals surface area (Å²) < 4.78 is 10.8. The number of hydrogen-bond donors (Lipinski definition) is 1. The maximum atomic E-state index is 5.74. The van der Waals surface area contributed by atoms with Gasteiger partial charge in [0.15, 0.2) is 0 Å². The minimum Gasteiger partial charge on any atom is -0.465 e. The molecule has 0 aliphatic rings. The van der Waals surface area contributed by atoms with E-state index >= 15 is 0 Å².